The van der Waals surface area contributed by atoms with Crippen LogP contribution >= 0.6 is 11.8 Å². The van der Waals surface area contributed by atoms with Gasteiger partial charge in [-0.25, -0.2) is 0 Å². The molecule has 0 aliphatic carbocycles. The van der Waals surface area contributed by atoms with Crippen LogP contribution < -0.4 is 5.32 Å². The quantitative estimate of drug-likeness (QED) is 0.851. The highest BCUT2D eigenvalue weighted by Crippen LogP contribution is 2.25. The Morgan fingerprint density at radius 3 is 3.20 bits per heavy atom. The van der Waals surface area contributed by atoms with Crippen molar-refractivity contribution in [3.8, 4) is 0 Å². The SMILES string of the molecule is CC(NCC1CCCCS1)c1ccoc1. The third-order valence-corrected chi connectivity index (χ3v) is 4.37. The Labute approximate surface area is 95.8 Å². The van der Waals surface area contributed by atoms with Crippen molar-refractivity contribution in [3.63, 3.8) is 0 Å². The lowest BCUT2D eigenvalue weighted by Crippen LogP contribution is -2.28. The van der Waals surface area contributed by atoms with Gasteiger partial charge in [0.15, 0.2) is 0 Å². The lowest BCUT2D eigenvalue weighted by atomic mass is 10.1. The Balaban J connectivity index is 1.73. The molecule has 1 N–H and O–H groups in total. The van der Waals surface area contributed by atoms with E-state index in [4.69, 9.17) is 4.42 Å². The molecular formula is C12H19NOS. The molecule has 0 aromatic carbocycles. The van der Waals surface area contributed by atoms with Crippen molar-refractivity contribution in [2.45, 2.75) is 37.5 Å². The van der Waals surface area contributed by atoms with Gasteiger partial charge in [0.2, 0.25) is 0 Å². The largest absolute Gasteiger partial charge is 0.472 e. The van der Waals surface area contributed by atoms with E-state index in [0.29, 0.717) is 6.04 Å². The van der Waals surface area contributed by atoms with Crippen molar-refractivity contribution in [2.75, 3.05) is 12.3 Å². The lowest BCUT2D eigenvalue weighted by Gasteiger charge is -2.23. The maximum atomic E-state index is 5.08. The van der Waals surface area contributed by atoms with Crippen LogP contribution in [0, 0.1) is 0 Å². The number of hydrogen-bond acceptors (Lipinski definition) is 3. The van der Waals surface area contributed by atoms with Gasteiger partial charge in [-0.1, -0.05) is 6.42 Å². The summed E-state index contributed by atoms with van der Waals surface area (Å²) >= 11 is 2.12. The first-order valence-corrected chi connectivity index (χ1v) is 6.78. The van der Waals surface area contributed by atoms with E-state index < -0.39 is 0 Å². The monoisotopic (exact) mass is 225 g/mol. The highest BCUT2D eigenvalue weighted by atomic mass is 32.2. The molecule has 2 unspecified atom stereocenters. The van der Waals surface area contributed by atoms with Crippen LogP contribution in [0.3, 0.4) is 0 Å². The van der Waals surface area contributed by atoms with Crippen LogP contribution in [0.1, 0.15) is 37.8 Å². The maximum Gasteiger partial charge on any atom is 0.0950 e. The van der Waals surface area contributed by atoms with Crippen molar-refractivity contribution < 1.29 is 4.42 Å². The summed E-state index contributed by atoms with van der Waals surface area (Å²) in [5.74, 6) is 1.34. The van der Waals surface area contributed by atoms with Gasteiger partial charge in [-0.2, -0.15) is 11.8 Å². The van der Waals surface area contributed by atoms with Crippen molar-refractivity contribution >= 4 is 11.8 Å². The summed E-state index contributed by atoms with van der Waals surface area (Å²) in [5.41, 5.74) is 1.25. The molecule has 0 bridgehead atoms. The summed E-state index contributed by atoms with van der Waals surface area (Å²) in [6, 6.07) is 2.44. The molecule has 0 radical (unpaired) electrons. The number of nitrogens with one attached hydrogen (secondary N) is 1. The van der Waals surface area contributed by atoms with E-state index in [1.165, 1.54) is 30.6 Å². The minimum Gasteiger partial charge on any atom is -0.472 e. The van der Waals surface area contributed by atoms with Crippen LogP contribution in [0.4, 0.5) is 0 Å². The third kappa shape index (κ3) is 3.28. The van der Waals surface area contributed by atoms with Gasteiger partial charge in [-0.05, 0) is 31.6 Å². The molecule has 2 nitrogen and oxygen atoms in total. The van der Waals surface area contributed by atoms with E-state index in [9.17, 15) is 0 Å². The second kappa shape index (κ2) is 5.61. The molecule has 84 valence electrons. The minimum absolute atomic E-state index is 0.409. The van der Waals surface area contributed by atoms with Crippen LogP contribution in [-0.4, -0.2) is 17.5 Å². The zero-order chi connectivity index (χ0) is 10.5. The summed E-state index contributed by atoms with van der Waals surface area (Å²) in [4.78, 5) is 0. The fourth-order valence-electron chi connectivity index (χ4n) is 1.92. The topological polar surface area (TPSA) is 25.2 Å². The van der Waals surface area contributed by atoms with Crippen molar-refractivity contribution in [1.82, 2.24) is 5.32 Å². The third-order valence-electron chi connectivity index (χ3n) is 2.97. The van der Waals surface area contributed by atoms with E-state index in [0.717, 1.165) is 11.8 Å². The Morgan fingerprint density at radius 1 is 1.60 bits per heavy atom. The number of thioether (sulfide) groups is 1. The molecule has 2 rings (SSSR count). The van der Waals surface area contributed by atoms with Crippen molar-refractivity contribution in [1.29, 1.82) is 0 Å². The number of hydrogen-bond donors (Lipinski definition) is 1. The molecule has 1 saturated heterocycles. The smallest absolute Gasteiger partial charge is 0.0950 e. The zero-order valence-electron chi connectivity index (χ0n) is 9.24. The summed E-state index contributed by atoms with van der Waals surface area (Å²) in [6.07, 6.45) is 7.74. The van der Waals surface area contributed by atoms with Crippen molar-refractivity contribution in [3.05, 3.63) is 24.2 Å². The molecule has 2 atom stereocenters. The molecule has 1 aromatic heterocycles. The fourth-order valence-corrected chi connectivity index (χ4v) is 3.17. The fraction of sp³-hybridized carbons (Fsp3) is 0.667. The predicted octanol–water partition coefficient (Wildman–Crippen LogP) is 3.22. The molecule has 2 heterocycles. The summed E-state index contributed by atoms with van der Waals surface area (Å²) < 4.78 is 5.08. The van der Waals surface area contributed by atoms with Gasteiger partial charge >= 0.3 is 0 Å². The molecular weight excluding hydrogens is 206 g/mol. The highest BCUT2D eigenvalue weighted by Gasteiger charge is 2.15. The number of furan rings is 1. The van der Waals surface area contributed by atoms with Gasteiger partial charge in [0.1, 0.15) is 0 Å². The van der Waals surface area contributed by atoms with Gasteiger partial charge in [0.05, 0.1) is 12.5 Å². The Hall–Kier alpha value is -0.410. The summed E-state index contributed by atoms with van der Waals surface area (Å²) in [7, 11) is 0. The Kier molecular flexibility index (Phi) is 4.15. The van der Waals surface area contributed by atoms with Gasteiger partial charge in [0.25, 0.3) is 0 Å². The van der Waals surface area contributed by atoms with Gasteiger partial charge in [0, 0.05) is 23.4 Å². The second-order valence-electron chi connectivity index (χ2n) is 4.18. The van der Waals surface area contributed by atoms with E-state index in [1.54, 1.807) is 6.26 Å². The molecule has 3 heteroatoms. The molecule has 1 aromatic rings. The van der Waals surface area contributed by atoms with Crippen LogP contribution in [0.15, 0.2) is 23.0 Å². The van der Waals surface area contributed by atoms with Crippen LogP contribution in [0.25, 0.3) is 0 Å². The first kappa shape index (κ1) is 11.1. The van der Waals surface area contributed by atoms with E-state index in [-0.39, 0.29) is 0 Å². The predicted molar refractivity (Wildman–Crippen MR) is 65.2 cm³/mol. The molecule has 1 aliphatic heterocycles. The van der Waals surface area contributed by atoms with Crippen LogP contribution in [0.5, 0.6) is 0 Å². The highest BCUT2D eigenvalue weighted by molar-refractivity contribution is 7.99. The van der Waals surface area contributed by atoms with Crippen LogP contribution in [0.2, 0.25) is 0 Å². The summed E-state index contributed by atoms with van der Waals surface area (Å²) in [6.45, 7) is 3.31. The first-order chi connectivity index (χ1) is 7.36. The summed E-state index contributed by atoms with van der Waals surface area (Å²) in [5, 5.41) is 4.39. The molecule has 0 saturated carbocycles. The first-order valence-electron chi connectivity index (χ1n) is 5.73. The van der Waals surface area contributed by atoms with Gasteiger partial charge < -0.3 is 9.73 Å². The van der Waals surface area contributed by atoms with Gasteiger partial charge in [-0.3, -0.25) is 0 Å². The minimum atomic E-state index is 0.409. The molecule has 0 amide bonds. The van der Waals surface area contributed by atoms with E-state index in [1.807, 2.05) is 12.3 Å². The molecule has 1 aliphatic rings. The lowest BCUT2D eigenvalue weighted by molar-refractivity contribution is 0.523. The van der Waals surface area contributed by atoms with E-state index >= 15 is 0 Å². The molecule has 15 heavy (non-hydrogen) atoms. The zero-order valence-corrected chi connectivity index (χ0v) is 10.1. The maximum absolute atomic E-state index is 5.08. The van der Waals surface area contributed by atoms with Gasteiger partial charge in [-0.15, -0.1) is 0 Å². The molecule has 0 spiro atoms. The van der Waals surface area contributed by atoms with E-state index in [2.05, 4.69) is 24.0 Å². The second-order valence-corrected chi connectivity index (χ2v) is 5.58. The number of rotatable bonds is 4. The standard InChI is InChI=1S/C12H19NOS/c1-10(11-5-6-14-9-11)13-8-12-4-2-3-7-15-12/h5-6,9-10,12-13H,2-4,7-8H2,1H3. The average Bonchev–Trinajstić information content (AvgIpc) is 2.81. The Morgan fingerprint density at radius 2 is 2.53 bits per heavy atom. The Bertz CT molecular complexity index is 267. The van der Waals surface area contributed by atoms with Crippen LogP contribution in [-0.2, 0) is 0 Å². The average molecular weight is 225 g/mol. The normalized spacial score (nSPS) is 23.9. The molecule has 1 fully saturated rings. The van der Waals surface area contributed by atoms with Crippen molar-refractivity contribution in [2.24, 2.45) is 0 Å².